The zero-order valence-electron chi connectivity index (χ0n) is 13.8. The predicted molar refractivity (Wildman–Crippen MR) is 104 cm³/mol. The summed E-state index contributed by atoms with van der Waals surface area (Å²) in [5.41, 5.74) is 1.23. The lowest BCUT2D eigenvalue weighted by Crippen LogP contribution is -2.37. The average molecular weight is 399 g/mol. The number of nitrogens with zero attached hydrogens (tertiary/aromatic N) is 1. The van der Waals surface area contributed by atoms with E-state index >= 15 is 0 Å². The topological polar surface area (TPSA) is 76.1 Å². The Morgan fingerprint density at radius 3 is 2.67 bits per heavy atom. The van der Waals surface area contributed by atoms with E-state index in [-0.39, 0.29) is 11.1 Å². The largest absolute Gasteiger partial charge is 0.479 e. The minimum atomic E-state index is -1.17. The Kier molecular flexibility index (Phi) is 4.59. The molecule has 27 heavy (non-hydrogen) atoms. The van der Waals surface area contributed by atoms with Crippen LogP contribution in [0.2, 0.25) is 0 Å². The summed E-state index contributed by atoms with van der Waals surface area (Å²) in [5.74, 6) is -0.317. The van der Waals surface area contributed by atoms with Gasteiger partial charge in [0.15, 0.2) is 17.5 Å². The number of carbonyl (C=O) groups is 2. The molecule has 0 aliphatic carbocycles. The molecule has 0 saturated carbocycles. The Labute approximate surface area is 164 Å². The number of benzene rings is 2. The molecule has 2 aromatic rings. The number of carboxylic acids is 1. The van der Waals surface area contributed by atoms with Gasteiger partial charge in [0.1, 0.15) is 4.32 Å². The summed E-state index contributed by atoms with van der Waals surface area (Å²) in [6.45, 7) is 0.165. The van der Waals surface area contributed by atoms with E-state index in [9.17, 15) is 14.7 Å². The highest BCUT2D eigenvalue weighted by Gasteiger charge is 2.41. The molecular weight excluding hydrogens is 386 g/mol. The van der Waals surface area contributed by atoms with E-state index in [0.717, 1.165) is 22.2 Å². The van der Waals surface area contributed by atoms with Gasteiger partial charge in [0.25, 0.3) is 5.91 Å². The van der Waals surface area contributed by atoms with Crippen LogP contribution in [0.1, 0.15) is 17.2 Å². The van der Waals surface area contributed by atoms with E-state index < -0.39 is 17.9 Å². The van der Waals surface area contributed by atoms with Gasteiger partial charge >= 0.3 is 5.97 Å². The molecule has 0 spiro atoms. The Bertz CT molecular complexity index is 973. The molecule has 2 heterocycles. The van der Waals surface area contributed by atoms with E-state index in [2.05, 4.69) is 0 Å². The fourth-order valence-corrected chi connectivity index (χ4v) is 4.21. The lowest BCUT2D eigenvalue weighted by molar-refractivity contribution is -0.145. The summed E-state index contributed by atoms with van der Waals surface area (Å²) in [6, 6.07) is 12.7. The molecule has 136 valence electrons. The normalized spacial score (nSPS) is 18.2. The molecule has 0 unspecified atom stereocenters. The molecule has 0 bridgehead atoms. The van der Waals surface area contributed by atoms with E-state index in [1.165, 1.54) is 0 Å². The summed E-state index contributed by atoms with van der Waals surface area (Å²) in [4.78, 5) is 26.3. The summed E-state index contributed by atoms with van der Waals surface area (Å²) in [5, 5.41) is 9.69. The van der Waals surface area contributed by atoms with E-state index in [0.29, 0.717) is 22.0 Å². The van der Waals surface area contributed by atoms with Gasteiger partial charge in [-0.15, -0.1) is 0 Å². The van der Waals surface area contributed by atoms with Crippen LogP contribution in [0.5, 0.6) is 11.5 Å². The third kappa shape index (κ3) is 3.29. The van der Waals surface area contributed by atoms with Crippen LogP contribution in [0.4, 0.5) is 0 Å². The molecule has 0 aromatic heterocycles. The van der Waals surface area contributed by atoms with Gasteiger partial charge in [0.2, 0.25) is 6.79 Å². The number of thiocarbonyl (C=S) groups is 1. The van der Waals surface area contributed by atoms with Crippen LogP contribution in [0, 0.1) is 0 Å². The summed E-state index contributed by atoms with van der Waals surface area (Å²) >= 11 is 6.39. The number of carbonyl (C=O) groups excluding carboxylic acids is 1. The second-order valence-electron chi connectivity index (χ2n) is 5.82. The number of ether oxygens (including phenoxy) is 2. The number of thioether (sulfide) groups is 1. The standard InChI is InChI=1S/C19H13NO5S2/c21-17-15(9-11-6-7-13-14(8-11)25-10-24-13)27-19(26)20(17)16(18(22)23)12-4-2-1-3-5-12/h1-9,16H,10H2,(H,22,23)/b15-9-/t16-/m1/s1. The van der Waals surface area contributed by atoms with Crippen molar-refractivity contribution < 1.29 is 24.2 Å². The van der Waals surface area contributed by atoms with Crippen molar-refractivity contribution in [2.45, 2.75) is 6.04 Å². The number of aliphatic carboxylic acids is 1. The van der Waals surface area contributed by atoms with Gasteiger partial charge in [0, 0.05) is 0 Å². The van der Waals surface area contributed by atoms with Crippen molar-refractivity contribution in [2.75, 3.05) is 6.79 Å². The van der Waals surface area contributed by atoms with Crippen molar-refractivity contribution in [3.05, 3.63) is 64.6 Å². The molecular formula is C19H13NO5S2. The van der Waals surface area contributed by atoms with Crippen LogP contribution >= 0.6 is 24.0 Å². The molecule has 8 heteroatoms. The Hall–Kier alpha value is -2.84. The van der Waals surface area contributed by atoms with Crippen molar-refractivity contribution in [3.8, 4) is 11.5 Å². The number of hydrogen-bond donors (Lipinski definition) is 1. The minimum absolute atomic E-state index is 0.165. The van der Waals surface area contributed by atoms with Crippen LogP contribution in [0.25, 0.3) is 6.08 Å². The first kappa shape index (κ1) is 17.6. The molecule has 1 fully saturated rings. The third-order valence-electron chi connectivity index (χ3n) is 4.13. The first-order valence-electron chi connectivity index (χ1n) is 7.99. The highest BCUT2D eigenvalue weighted by atomic mass is 32.2. The fraction of sp³-hybridized carbons (Fsp3) is 0.105. The molecule has 1 amide bonds. The van der Waals surface area contributed by atoms with Crippen LogP contribution in [-0.2, 0) is 9.59 Å². The number of carboxylic acid groups (broad SMARTS) is 1. The lowest BCUT2D eigenvalue weighted by atomic mass is 10.1. The van der Waals surface area contributed by atoms with Crippen LogP contribution in [0.15, 0.2) is 53.4 Å². The lowest BCUT2D eigenvalue weighted by Gasteiger charge is -2.23. The first-order chi connectivity index (χ1) is 13.0. The van der Waals surface area contributed by atoms with Crippen LogP contribution in [0.3, 0.4) is 0 Å². The highest BCUT2D eigenvalue weighted by Crippen LogP contribution is 2.39. The monoisotopic (exact) mass is 399 g/mol. The summed E-state index contributed by atoms with van der Waals surface area (Å²) in [7, 11) is 0. The molecule has 1 N–H and O–H groups in total. The van der Waals surface area contributed by atoms with Gasteiger partial charge in [0.05, 0.1) is 4.91 Å². The van der Waals surface area contributed by atoms with Gasteiger partial charge in [-0.1, -0.05) is 60.4 Å². The molecule has 4 rings (SSSR count). The van der Waals surface area contributed by atoms with E-state index in [4.69, 9.17) is 21.7 Å². The zero-order valence-corrected chi connectivity index (χ0v) is 15.5. The molecule has 0 radical (unpaired) electrons. The third-order valence-corrected chi connectivity index (χ3v) is 5.46. The van der Waals surface area contributed by atoms with Crippen molar-refractivity contribution in [1.82, 2.24) is 4.90 Å². The molecule has 1 saturated heterocycles. The Morgan fingerprint density at radius 1 is 1.19 bits per heavy atom. The Morgan fingerprint density at radius 2 is 1.93 bits per heavy atom. The molecule has 6 nitrogen and oxygen atoms in total. The zero-order chi connectivity index (χ0) is 19.0. The molecule has 2 aromatic carbocycles. The van der Waals surface area contributed by atoms with Crippen molar-refractivity contribution in [3.63, 3.8) is 0 Å². The predicted octanol–water partition coefficient (Wildman–Crippen LogP) is 3.44. The maximum Gasteiger partial charge on any atom is 0.331 e. The van der Waals surface area contributed by atoms with Crippen LogP contribution < -0.4 is 9.47 Å². The number of fused-ring (bicyclic) bond motifs is 1. The maximum absolute atomic E-state index is 12.9. The smallest absolute Gasteiger partial charge is 0.331 e. The summed E-state index contributed by atoms with van der Waals surface area (Å²) in [6.07, 6.45) is 1.67. The minimum Gasteiger partial charge on any atom is -0.479 e. The quantitative estimate of drug-likeness (QED) is 0.623. The highest BCUT2D eigenvalue weighted by molar-refractivity contribution is 8.26. The van der Waals surface area contributed by atoms with Gasteiger partial charge in [-0.05, 0) is 29.3 Å². The number of amides is 1. The summed E-state index contributed by atoms with van der Waals surface area (Å²) < 4.78 is 10.8. The average Bonchev–Trinajstić information content (AvgIpc) is 3.22. The SMILES string of the molecule is O=C(O)[C@@H](c1ccccc1)N1C(=O)/C(=C/c2ccc3c(c2)OCO3)SC1=S. The second kappa shape index (κ2) is 7.05. The molecule has 1 atom stereocenters. The van der Waals surface area contributed by atoms with Crippen molar-refractivity contribution in [2.24, 2.45) is 0 Å². The second-order valence-corrected chi connectivity index (χ2v) is 7.49. The number of rotatable bonds is 4. The van der Waals surface area contributed by atoms with E-state index in [1.54, 1.807) is 54.6 Å². The fourth-order valence-electron chi connectivity index (χ4n) is 2.89. The molecule has 2 aliphatic rings. The van der Waals surface area contributed by atoms with Gasteiger partial charge in [-0.2, -0.15) is 0 Å². The van der Waals surface area contributed by atoms with Gasteiger partial charge < -0.3 is 14.6 Å². The molecule has 2 aliphatic heterocycles. The van der Waals surface area contributed by atoms with Crippen molar-refractivity contribution >= 4 is 46.3 Å². The Balaban J connectivity index is 1.66. The van der Waals surface area contributed by atoms with Crippen molar-refractivity contribution in [1.29, 1.82) is 0 Å². The van der Waals surface area contributed by atoms with Crippen LogP contribution in [-0.4, -0.2) is 33.0 Å². The van der Waals surface area contributed by atoms with Gasteiger partial charge in [-0.3, -0.25) is 9.69 Å². The first-order valence-corrected chi connectivity index (χ1v) is 9.21. The van der Waals surface area contributed by atoms with E-state index in [1.807, 2.05) is 0 Å². The maximum atomic E-state index is 12.9. The van der Waals surface area contributed by atoms with Gasteiger partial charge in [-0.25, -0.2) is 4.79 Å². The number of hydrogen-bond acceptors (Lipinski definition) is 6.